The van der Waals surface area contributed by atoms with Crippen molar-refractivity contribution < 1.29 is 9.90 Å². The lowest BCUT2D eigenvalue weighted by atomic mass is 9.82. The molecule has 1 amide bonds. The van der Waals surface area contributed by atoms with Gasteiger partial charge in [0.2, 0.25) is 5.91 Å². The van der Waals surface area contributed by atoms with Crippen molar-refractivity contribution in [2.75, 3.05) is 13.1 Å². The second-order valence-corrected chi connectivity index (χ2v) is 6.62. The summed E-state index contributed by atoms with van der Waals surface area (Å²) < 4.78 is 0. The monoisotopic (exact) mass is 277 g/mol. The van der Waals surface area contributed by atoms with Crippen molar-refractivity contribution in [2.24, 2.45) is 0 Å². The lowest BCUT2D eigenvalue weighted by Gasteiger charge is -2.35. The maximum Gasteiger partial charge on any atom is 0.232 e. The molecule has 0 aromatic heterocycles. The van der Waals surface area contributed by atoms with Crippen LogP contribution in [0.2, 0.25) is 0 Å². The molecule has 0 fully saturated rings. The Kier molecular flexibility index (Phi) is 4.98. The van der Waals surface area contributed by atoms with E-state index >= 15 is 0 Å². The first-order valence-electron chi connectivity index (χ1n) is 7.17. The minimum atomic E-state index is -0.880. The fraction of sp³-hybridized carbons (Fsp3) is 0.588. The molecule has 1 aromatic rings. The number of aliphatic hydroxyl groups is 1. The van der Waals surface area contributed by atoms with Crippen molar-refractivity contribution in [2.45, 2.75) is 52.6 Å². The number of amides is 1. The predicted octanol–water partition coefficient (Wildman–Crippen LogP) is 2.89. The first-order valence-corrected chi connectivity index (χ1v) is 7.17. The van der Waals surface area contributed by atoms with E-state index in [9.17, 15) is 9.90 Å². The van der Waals surface area contributed by atoms with Crippen LogP contribution in [0.25, 0.3) is 0 Å². The number of benzene rings is 1. The lowest BCUT2D eigenvalue weighted by Crippen LogP contribution is -2.48. The molecule has 1 rings (SSSR count). The van der Waals surface area contributed by atoms with Gasteiger partial charge in [-0.25, -0.2) is 0 Å². The molecule has 0 atom stereocenters. The SMILES string of the molecule is CCN(CC(C)(C)O)C(=O)C(C)(C)c1ccc(C)cc1. The fourth-order valence-corrected chi connectivity index (χ4v) is 2.28. The van der Waals surface area contributed by atoms with E-state index in [0.717, 1.165) is 5.56 Å². The Hall–Kier alpha value is -1.35. The Morgan fingerprint density at radius 1 is 1.15 bits per heavy atom. The molecule has 0 heterocycles. The summed E-state index contributed by atoms with van der Waals surface area (Å²) >= 11 is 0. The second kappa shape index (κ2) is 5.96. The van der Waals surface area contributed by atoms with Gasteiger partial charge in [0.25, 0.3) is 0 Å². The molecule has 0 aliphatic carbocycles. The molecule has 0 unspecified atom stereocenters. The Balaban J connectivity index is 3.00. The summed E-state index contributed by atoms with van der Waals surface area (Å²) in [6, 6.07) is 8.06. The van der Waals surface area contributed by atoms with Crippen LogP contribution in [0.15, 0.2) is 24.3 Å². The number of hydrogen-bond acceptors (Lipinski definition) is 2. The average molecular weight is 277 g/mol. The van der Waals surface area contributed by atoms with Crippen LogP contribution in [0.1, 0.15) is 45.7 Å². The number of likely N-dealkylation sites (N-methyl/N-ethyl adjacent to an activating group) is 1. The molecule has 0 bridgehead atoms. The van der Waals surface area contributed by atoms with E-state index in [2.05, 4.69) is 0 Å². The van der Waals surface area contributed by atoms with Crippen LogP contribution in [-0.2, 0) is 10.2 Å². The van der Waals surface area contributed by atoms with Gasteiger partial charge in [-0.2, -0.15) is 0 Å². The standard InChI is InChI=1S/C17H27NO2/c1-7-18(12-16(3,4)20)15(19)17(5,6)14-10-8-13(2)9-11-14/h8-11,20H,7,12H2,1-6H3. The molecule has 3 nitrogen and oxygen atoms in total. The van der Waals surface area contributed by atoms with Crippen LogP contribution in [0, 0.1) is 6.92 Å². The highest BCUT2D eigenvalue weighted by molar-refractivity contribution is 5.87. The van der Waals surface area contributed by atoms with Gasteiger partial charge in [-0.15, -0.1) is 0 Å². The van der Waals surface area contributed by atoms with Gasteiger partial charge in [0.05, 0.1) is 11.0 Å². The summed E-state index contributed by atoms with van der Waals surface area (Å²) in [7, 11) is 0. The number of aryl methyl sites for hydroxylation is 1. The molecule has 0 radical (unpaired) electrons. The van der Waals surface area contributed by atoms with E-state index in [1.165, 1.54) is 5.56 Å². The quantitative estimate of drug-likeness (QED) is 0.899. The summed E-state index contributed by atoms with van der Waals surface area (Å²) in [6.45, 7) is 12.2. The molecular weight excluding hydrogens is 250 g/mol. The van der Waals surface area contributed by atoms with Gasteiger partial charge < -0.3 is 10.0 Å². The third-order valence-corrected chi connectivity index (χ3v) is 3.55. The minimum absolute atomic E-state index is 0.0472. The average Bonchev–Trinajstić information content (AvgIpc) is 2.34. The van der Waals surface area contributed by atoms with Crippen molar-refractivity contribution in [3.05, 3.63) is 35.4 Å². The largest absolute Gasteiger partial charge is 0.389 e. The van der Waals surface area contributed by atoms with Crippen LogP contribution in [0.5, 0.6) is 0 Å². The lowest BCUT2D eigenvalue weighted by molar-refractivity contribution is -0.139. The maximum atomic E-state index is 12.8. The summed E-state index contributed by atoms with van der Waals surface area (Å²) in [5.74, 6) is 0.0472. The zero-order valence-corrected chi connectivity index (χ0v) is 13.5. The Morgan fingerprint density at radius 2 is 1.65 bits per heavy atom. The molecule has 0 aliphatic heterocycles. The van der Waals surface area contributed by atoms with Crippen LogP contribution in [-0.4, -0.2) is 34.6 Å². The van der Waals surface area contributed by atoms with Gasteiger partial charge in [-0.1, -0.05) is 29.8 Å². The van der Waals surface area contributed by atoms with Crippen molar-refractivity contribution in [1.29, 1.82) is 0 Å². The molecule has 0 saturated heterocycles. The minimum Gasteiger partial charge on any atom is -0.389 e. The normalized spacial score (nSPS) is 12.3. The van der Waals surface area contributed by atoms with Gasteiger partial charge in [0.15, 0.2) is 0 Å². The number of carbonyl (C=O) groups excluding carboxylic acids is 1. The third-order valence-electron chi connectivity index (χ3n) is 3.55. The van der Waals surface area contributed by atoms with E-state index < -0.39 is 11.0 Å². The van der Waals surface area contributed by atoms with Crippen molar-refractivity contribution in [3.8, 4) is 0 Å². The summed E-state index contributed by atoms with van der Waals surface area (Å²) in [4.78, 5) is 14.5. The summed E-state index contributed by atoms with van der Waals surface area (Å²) in [5.41, 5.74) is 0.715. The first-order chi connectivity index (χ1) is 9.08. The molecule has 0 spiro atoms. The van der Waals surface area contributed by atoms with E-state index in [1.807, 2.05) is 52.0 Å². The highest BCUT2D eigenvalue weighted by Crippen LogP contribution is 2.26. The van der Waals surface area contributed by atoms with E-state index in [1.54, 1.807) is 18.7 Å². The van der Waals surface area contributed by atoms with Crippen molar-refractivity contribution in [3.63, 3.8) is 0 Å². The predicted molar refractivity (Wildman–Crippen MR) is 82.8 cm³/mol. The van der Waals surface area contributed by atoms with Crippen molar-refractivity contribution in [1.82, 2.24) is 4.90 Å². The van der Waals surface area contributed by atoms with Crippen LogP contribution < -0.4 is 0 Å². The molecule has 3 heteroatoms. The Morgan fingerprint density at radius 3 is 2.05 bits per heavy atom. The van der Waals surface area contributed by atoms with Crippen molar-refractivity contribution >= 4 is 5.91 Å². The highest BCUT2D eigenvalue weighted by Gasteiger charge is 2.34. The van der Waals surface area contributed by atoms with E-state index in [0.29, 0.717) is 13.1 Å². The fourth-order valence-electron chi connectivity index (χ4n) is 2.28. The summed E-state index contributed by atoms with van der Waals surface area (Å²) in [6.07, 6.45) is 0. The number of carbonyl (C=O) groups is 1. The van der Waals surface area contributed by atoms with Crippen LogP contribution in [0.3, 0.4) is 0 Å². The summed E-state index contributed by atoms with van der Waals surface area (Å²) in [5, 5.41) is 9.95. The zero-order valence-electron chi connectivity index (χ0n) is 13.5. The van der Waals surface area contributed by atoms with Crippen LogP contribution in [0.4, 0.5) is 0 Å². The molecule has 20 heavy (non-hydrogen) atoms. The van der Waals surface area contributed by atoms with E-state index in [-0.39, 0.29) is 5.91 Å². The topological polar surface area (TPSA) is 40.5 Å². The Labute approximate surface area is 122 Å². The van der Waals surface area contributed by atoms with Crippen LogP contribution >= 0.6 is 0 Å². The number of nitrogens with zero attached hydrogens (tertiary/aromatic N) is 1. The molecule has 0 aliphatic rings. The molecule has 1 N–H and O–H groups in total. The molecule has 1 aromatic carbocycles. The van der Waals surface area contributed by atoms with Gasteiger partial charge in [-0.05, 0) is 47.1 Å². The smallest absolute Gasteiger partial charge is 0.232 e. The third kappa shape index (κ3) is 4.07. The van der Waals surface area contributed by atoms with Gasteiger partial charge in [0.1, 0.15) is 0 Å². The first kappa shape index (κ1) is 16.7. The highest BCUT2D eigenvalue weighted by atomic mass is 16.3. The second-order valence-electron chi connectivity index (χ2n) is 6.62. The number of rotatable bonds is 5. The maximum absolute atomic E-state index is 12.8. The Bertz CT molecular complexity index is 455. The number of hydrogen-bond donors (Lipinski definition) is 1. The van der Waals surface area contributed by atoms with Gasteiger partial charge >= 0.3 is 0 Å². The van der Waals surface area contributed by atoms with E-state index in [4.69, 9.17) is 0 Å². The molecular formula is C17H27NO2. The molecule has 0 saturated carbocycles. The van der Waals surface area contributed by atoms with Gasteiger partial charge in [-0.3, -0.25) is 4.79 Å². The molecule has 112 valence electrons. The van der Waals surface area contributed by atoms with Gasteiger partial charge in [0, 0.05) is 13.1 Å². The zero-order chi connectivity index (χ0) is 15.6.